The number of hydrogen-bond donors (Lipinski definition) is 3. The molecule has 0 aliphatic carbocycles. The van der Waals surface area contributed by atoms with E-state index in [-0.39, 0.29) is 12.3 Å². The summed E-state index contributed by atoms with van der Waals surface area (Å²) in [7, 11) is 0. The van der Waals surface area contributed by atoms with Crippen molar-refractivity contribution in [3.63, 3.8) is 0 Å². The molecule has 2 aromatic rings. The minimum atomic E-state index is -0.961. The Morgan fingerprint density at radius 3 is 2.21 bits per heavy atom. The van der Waals surface area contributed by atoms with Gasteiger partial charge in [0.2, 0.25) is 0 Å². The Morgan fingerprint density at radius 2 is 1.64 bits per heavy atom. The molecule has 2 aromatic carbocycles. The molecule has 146 valence electrons. The van der Waals surface area contributed by atoms with Crippen LogP contribution in [0.3, 0.4) is 0 Å². The minimum absolute atomic E-state index is 0.227. The van der Waals surface area contributed by atoms with Crippen LogP contribution in [0.2, 0.25) is 10.0 Å². The lowest BCUT2D eigenvalue weighted by atomic mass is 10.1. The summed E-state index contributed by atoms with van der Waals surface area (Å²) in [5, 5.41) is 6.90. The van der Waals surface area contributed by atoms with E-state index in [2.05, 4.69) is 15.8 Å². The minimum Gasteiger partial charge on any atom is -0.484 e. The number of amides is 3. The SMILES string of the molecule is C/C(=N\NC(=O)C(=O)Nc1cc(Cl)cc(Cl)c1)c1ccc(OCC(N)=O)cc1. The zero-order valence-corrected chi connectivity index (χ0v) is 16.2. The van der Waals surface area contributed by atoms with Gasteiger partial charge in [-0.3, -0.25) is 14.4 Å². The number of hydrogen-bond acceptors (Lipinski definition) is 5. The van der Waals surface area contributed by atoms with E-state index in [4.69, 9.17) is 33.7 Å². The van der Waals surface area contributed by atoms with E-state index >= 15 is 0 Å². The maximum Gasteiger partial charge on any atom is 0.329 e. The molecule has 0 heterocycles. The Balaban J connectivity index is 1.94. The average Bonchev–Trinajstić information content (AvgIpc) is 2.63. The van der Waals surface area contributed by atoms with Crippen LogP contribution < -0.4 is 21.2 Å². The largest absolute Gasteiger partial charge is 0.484 e. The zero-order chi connectivity index (χ0) is 20.7. The monoisotopic (exact) mass is 422 g/mol. The van der Waals surface area contributed by atoms with Crippen molar-refractivity contribution < 1.29 is 19.1 Å². The van der Waals surface area contributed by atoms with Gasteiger partial charge < -0.3 is 15.8 Å². The number of halogens is 2. The molecular weight excluding hydrogens is 407 g/mol. The van der Waals surface area contributed by atoms with Crippen molar-refractivity contribution in [1.29, 1.82) is 0 Å². The fraction of sp³-hybridized carbons (Fsp3) is 0.111. The second-order valence-corrected chi connectivity index (χ2v) is 6.40. The van der Waals surface area contributed by atoms with Gasteiger partial charge >= 0.3 is 11.8 Å². The first kappa shape index (κ1) is 21.2. The first-order valence-corrected chi connectivity index (χ1v) is 8.63. The molecule has 2 rings (SSSR count). The number of ether oxygens (including phenoxy) is 1. The fourth-order valence-corrected chi connectivity index (χ4v) is 2.54. The second kappa shape index (κ2) is 9.72. The highest BCUT2D eigenvalue weighted by molar-refractivity contribution is 6.40. The molecule has 0 aromatic heterocycles. The predicted octanol–water partition coefficient (Wildman–Crippen LogP) is 2.34. The lowest BCUT2D eigenvalue weighted by Gasteiger charge is -2.07. The first-order chi connectivity index (χ1) is 13.2. The van der Waals surface area contributed by atoms with Gasteiger partial charge in [0.15, 0.2) is 6.61 Å². The summed E-state index contributed by atoms with van der Waals surface area (Å²) in [6.45, 7) is 1.42. The Morgan fingerprint density at radius 1 is 1.04 bits per heavy atom. The standard InChI is InChI=1S/C18H16Cl2N4O4/c1-10(11-2-4-15(5-3-11)28-9-16(21)25)23-24-18(27)17(26)22-14-7-12(19)6-13(20)8-14/h2-8H,9H2,1H3,(H2,21,25)(H,22,26)(H,24,27)/b23-10+. The first-order valence-electron chi connectivity index (χ1n) is 7.88. The van der Waals surface area contributed by atoms with Crippen molar-refractivity contribution in [2.75, 3.05) is 11.9 Å². The number of primary amides is 1. The van der Waals surface area contributed by atoms with Crippen molar-refractivity contribution in [3.8, 4) is 5.75 Å². The van der Waals surface area contributed by atoms with Crippen LogP contribution in [0.1, 0.15) is 12.5 Å². The third-order valence-electron chi connectivity index (χ3n) is 3.30. The smallest absolute Gasteiger partial charge is 0.329 e. The number of rotatable bonds is 6. The lowest BCUT2D eigenvalue weighted by molar-refractivity contribution is -0.136. The molecule has 3 amide bonds. The molecule has 0 saturated carbocycles. The van der Waals surface area contributed by atoms with E-state index in [1.165, 1.54) is 18.2 Å². The van der Waals surface area contributed by atoms with Crippen LogP contribution in [-0.2, 0) is 14.4 Å². The fourth-order valence-electron chi connectivity index (χ4n) is 2.01. The highest BCUT2D eigenvalue weighted by Crippen LogP contribution is 2.22. The summed E-state index contributed by atoms with van der Waals surface area (Å²) >= 11 is 11.7. The number of nitrogens with one attached hydrogen (secondary N) is 2. The number of nitrogens with two attached hydrogens (primary N) is 1. The Labute approximate surface area is 170 Å². The summed E-state index contributed by atoms with van der Waals surface area (Å²) in [5.41, 5.74) is 8.58. The van der Waals surface area contributed by atoms with E-state index in [1.807, 2.05) is 0 Å². The lowest BCUT2D eigenvalue weighted by Crippen LogP contribution is -2.32. The third kappa shape index (κ3) is 6.57. The maximum atomic E-state index is 11.9. The van der Waals surface area contributed by atoms with Crippen molar-refractivity contribution in [2.24, 2.45) is 10.8 Å². The van der Waals surface area contributed by atoms with Gasteiger partial charge in [-0.25, -0.2) is 5.43 Å². The number of benzene rings is 2. The van der Waals surface area contributed by atoms with Crippen LogP contribution in [-0.4, -0.2) is 30.0 Å². The summed E-state index contributed by atoms with van der Waals surface area (Å²) < 4.78 is 5.15. The van der Waals surface area contributed by atoms with Crippen LogP contribution in [0, 0.1) is 0 Å². The molecule has 0 unspecified atom stereocenters. The quantitative estimate of drug-likeness (QED) is 0.375. The van der Waals surface area contributed by atoms with Gasteiger partial charge in [0.25, 0.3) is 5.91 Å². The van der Waals surface area contributed by atoms with Gasteiger partial charge in [-0.2, -0.15) is 5.10 Å². The molecule has 10 heteroatoms. The average molecular weight is 423 g/mol. The molecule has 28 heavy (non-hydrogen) atoms. The topological polar surface area (TPSA) is 123 Å². The molecule has 0 aliphatic heterocycles. The van der Waals surface area contributed by atoms with Gasteiger partial charge in [0, 0.05) is 15.7 Å². The maximum absolute atomic E-state index is 11.9. The number of hydrazone groups is 1. The van der Waals surface area contributed by atoms with Crippen molar-refractivity contribution in [2.45, 2.75) is 6.92 Å². The molecule has 0 bridgehead atoms. The Bertz CT molecular complexity index is 909. The highest BCUT2D eigenvalue weighted by atomic mass is 35.5. The summed E-state index contributed by atoms with van der Waals surface area (Å²) in [5.74, 6) is -2.01. The zero-order valence-electron chi connectivity index (χ0n) is 14.7. The molecule has 8 nitrogen and oxygen atoms in total. The van der Waals surface area contributed by atoms with E-state index < -0.39 is 17.7 Å². The van der Waals surface area contributed by atoms with E-state index in [1.54, 1.807) is 31.2 Å². The molecule has 4 N–H and O–H groups in total. The molecule has 0 saturated heterocycles. The Kier molecular flexibility index (Phi) is 7.36. The van der Waals surface area contributed by atoms with E-state index in [9.17, 15) is 14.4 Å². The Hall–Kier alpha value is -3.10. The normalized spacial score (nSPS) is 10.9. The molecule has 0 fully saturated rings. The van der Waals surface area contributed by atoms with Gasteiger partial charge in [-0.05, 0) is 55.0 Å². The number of nitrogens with zero attached hydrogens (tertiary/aromatic N) is 1. The number of carbonyl (C=O) groups excluding carboxylic acids is 3. The van der Waals surface area contributed by atoms with E-state index in [0.29, 0.717) is 27.1 Å². The molecule has 0 aliphatic rings. The second-order valence-electron chi connectivity index (χ2n) is 5.53. The van der Waals surface area contributed by atoms with Gasteiger partial charge in [-0.15, -0.1) is 0 Å². The van der Waals surface area contributed by atoms with Gasteiger partial charge in [-0.1, -0.05) is 23.2 Å². The van der Waals surface area contributed by atoms with Crippen LogP contribution in [0.5, 0.6) is 5.75 Å². The number of anilines is 1. The summed E-state index contributed by atoms with van der Waals surface area (Å²) in [6, 6.07) is 11.0. The van der Waals surface area contributed by atoms with Crippen LogP contribution in [0.4, 0.5) is 5.69 Å². The van der Waals surface area contributed by atoms with Gasteiger partial charge in [0.05, 0.1) is 5.71 Å². The molecule has 0 radical (unpaired) electrons. The van der Waals surface area contributed by atoms with E-state index in [0.717, 1.165) is 0 Å². The van der Waals surface area contributed by atoms with Crippen LogP contribution >= 0.6 is 23.2 Å². The van der Waals surface area contributed by atoms with Crippen molar-refractivity contribution >= 4 is 52.3 Å². The van der Waals surface area contributed by atoms with Gasteiger partial charge in [0.1, 0.15) is 5.75 Å². The third-order valence-corrected chi connectivity index (χ3v) is 3.74. The summed E-state index contributed by atoms with van der Waals surface area (Å²) in [6.07, 6.45) is 0. The van der Waals surface area contributed by atoms with Crippen molar-refractivity contribution in [1.82, 2.24) is 5.43 Å². The predicted molar refractivity (Wildman–Crippen MR) is 107 cm³/mol. The summed E-state index contributed by atoms with van der Waals surface area (Å²) in [4.78, 5) is 34.5. The molecular formula is C18H16Cl2N4O4. The highest BCUT2D eigenvalue weighted by Gasteiger charge is 2.14. The van der Waals surface area contributed by atoms with Crippen LogP contribution in [0.25, 0.3) is 0 Å². The molecule has 0 spiro atoms. The molecule has 0 atom stereocenters. The van der Waals surface area contributed by atoms with Crippen LogP contribution in [0.15, 0.2) is 47.6 Å². The number of carbonyl (C=O) groups is 3. The van der Waals surface area contributed by atoms with Crippen molar-refractivity contribution in [3.05, 3.63) is 58.1 Å².